The molecular weight excluding hydrogens is 304 g/mol. The molecule has 2 aromatic carbocycles. The van der Waals surface area contributed by atoms with Crippen LogP contribution in [0.2, 0.25) is 0 Å². The van der Waals surface area contributed by atoms with Gasteiger partial charge in [0.05, 0.1) is 0 Å². The summed E-state index contributed by atoms with van der Waals surface area (Å²) in [6.07, 6.45) is 2.88. The van der Waals surface area contributed by atoms with E-state index in [-0.39, 0.29) is 0 Å². The molecule has 25 heavy (non-hydrogen) atoms. The maximum atomic E-state index is 6.44. The van der Waals surface area contributed by atoms with E-state index in [1.807, 2.05) is 0 Å². The topological polar surface area (TPSA) is 52.0 Å². The van der Waals surface area contributed by atoms with E-state index in [2.05, 4.69) is 65.8 Å². The van der Waals surface area contributed by atoms with Crippen LogP contribution in [-0.2, 0) is 19.3 Å². The summed E-state index contributed by atoms with van der Waals surface area (Å²) < 4.78 is 0. The zero-order chi connectivity index (χ0) is 18.7. The number of aryl methyl sites for hydroxylation is 2. The molecule has 0 saturated heterocycles. The summed E-state index contributed by atoms with van der Waals surface area (Å²) in [5.41, 5.74) is 22.4. The van der Waals surface area contributed by atoms with Crippen molar-refractivity contribution in [3.63, 3.8) is 0 Å². The number of rotatable bonds is 6. The number of benzene rings is 2. The van der Waals surface area contributed by atoms with Gasteiger partial charge in [-0.25, -0.2) is 0 Å². The molecule has 0 amide bonds. The molecule has 0 heterocycles. The molecule has 0 bridgehead atoms. The van der Waals surface area contributed by atoms with Gasteiger partial charge < -0.3 is 11.5 Å². The minimum absolute atomic E-state index is 0.432. The molecule has 0 aromatic heterocycles. The highest BCUT2D eigenvalue weighted by Crippen LogP contribution is 2.33. The Hall–Kier alpha value is -1.96. The lowest BCUT2D eigenvalue weighted by Gasteiger charge is -2.19. The minimum atomic E-state index is 0.432. The lowest BCUT2D eigenvalue weighted by atomic mass is 9.88. The van der Waals surface area contributed by atoms with Crippen molar-refractivity contribution in [3.8, 4) is 0 Å². The van der Waals surface area contributed by atoms with Gasteiger partial charge in [-0.05, 0) is 64.5 Å². The van der Waals surface area contributed by atoms with E-state index in [0.717, 1.165) is 30.6 Å². The highest BCUT2D eigenvalue weighted by molar-refractivity contribution is 5.60. The fourth-order valence-corrected chi connectivity index (χ4v) is 3.59. The summed E-state index contributed by atoms with van der Waals surface area (Å²) in [6.45, 7) is 13.2. The summed E-state index contributed by atoms with van der Waals surface area (Å²) >= 11 is 0. The Morgan fingerprint density at radius 3 is 1.44 bits per heavy atom. The molecule has 4 N–H and O–H groups in total. The first-order chi connectivity index (χ1) is 11.8. The van der Waals surface area contributed by atoms with Crippen LogP contribution in [0.3, 0.4) is 0 Å². The number of nitrogen functional groups attached to an aromatic ring is 2. The Labute approximate surface area is 153 Å². The van der Waals surface area contributed by atoms with E-state index in [4.69, 9.17) is 11.5 Å². The Kier molecular flexibility index (Phi) is 6.16. The molecule has 2 rings (SSSR count). The first kappa shape index (κ1) is 19.4. The summed E-state index contributed by atoms with van der Waals surface area (Å²) in [7, 11) is 0. The van der Waals surface area contributed by atoms with Gasteiger partial charge in [0.2, 0.25) is 0 Å². The van der Waals surface area contributed by atoms with E-state index < -0.39 is 0 Å². The van der Waals surface area contributed by atoms with E-state index in [9.17, 15) is 0 Å². The Morgan fingerprint density at radius 1 is 0.680 bits per heavy atom. The molecule has 0 saturated carbocycles. The van der Waals surface area contributed by atoms with Gasteiger partial charge in [-0.15, -0.1) is 0 Å². The maximum absolute atomic E-state index is 6.44. The van der Waals surface area contributed by atoms with Crippen molar-refractivity contribution in [1.82, 2.24) is 0 Å². The normalized spacial score (nSPS) is 11.5. The van der Waals surface area contributed by atoms with Gasteiger partial charge in [0, 0.05) is 11.4 Å². The van der Waals surface area contributed by atoms with Crippen LogP contribution in [0, 0.1) is 0 Å². The van der Waals surface area contributed by atoms with Crippen LogP contribution in [0.5, 0.6) is 0 Å². The highest BCUT2D eigenvalue weighted by Gasteiger charge is 2.14. The van der Waals surface area contributed by atoms with Crippen molar-refractivity contribution < 1.29 is 0 Å². The van der Waals surface area contributed by atoms with Gasteiger partial charge >= 0.3 is 0 Å². The molecule has 0 aliphatic carbocycles. The number of anilines is 2. The van der Waals surface area contributed by atoms with E-state index in [1.54, 1.807) is 0 Å². The van der Waals surface area contributed by atoms with Gasteiger partial charge in [0.15, 0.2) is 0 Å². The maximum Gasteiger partial charge on any atom is 0.0384 e. The largest absolute Gasteiger partial charge is 0.398 e. The second kappa shape index (κ2) is 7.95. The van der Waals surface area contributed by atoms with Crippen LogP contribution in [0.15, 0.2) is 24.3 Å². The highest BCUT2D eigenvalue weighted by atomic mass is 14.6. The predicted octanol–water partition coefficient (Wildman–Crippen LogP) is 5.81. The summed E-state index contributed by atoms with van der Waals surface area (Å²) in [6, 6.07) is 9.13. The van der Waals surface area contributed by atoms with Crippen LogP contribution in [0.25, 0.3) is 0 Å². The van der Waals surface area contributed by atoms with Crippen LogP contribution in [0.1, 0.15) is 86.8 Å². The van der Waals surface area contributed by atoms with E-state index >= 15 is 0 Å². The second-order valence-electron chi connectivity index (χ2n) is 7.71. The molecule has 2 aromatic rings. The zero-order valence-electron chi connectivity index (χ0n) is 16.7. The molecule has 0 fully saturated rings. The average Bonchev–Trinajstić information content (AvgIpc) is 2.56. The Balaban J connectivity index is 2.50. The average molecular weight is 339 g/mol. The smallest absolute Gasteiger partial charge is 0.0384 e. The summed E-state index contributed by atoms with van der Waals surface area (Å²) in [5.74, 6) is 0.863. The van der Waals surface area contributed by atoms with Gasteiger partial charge in [0.25, 0.3) is 0 Å². The standard InChI is InChI=1S/C23H34N2/c1-7-18-10-16(11-19(8-2)22(18)24)9-17-12-20(14(3)4)23(25)21(13-17)15(5)6/h10-15H,7-9,24-25H2,1-6H3. The zero-order valence-corrected chi connectivity index (χ0v) is 16.7. The van der Waals surface area contributed by atoms with E-state index in [1.165, 1.54) is 33.4 Å². The third kappa shape index (κ3) is 4.18. The summed E-state index contributed by atoms with van der Waals surface area (Å²) in [5, 5.41) is 0. The number of hydrogen-bond donors (Lipinski definition) is 2. The second-order valence-corrected chi connectivity index (χ2v) is 7.71. The quantitative estimate of drug-likeness (QED) is 0.653. The number of nitrogens with two attached hydrogens (primary N) is 2. The van der Waals surface area contributed by atoms with Gasteiger partial charge in [0.1, 0.15) is 0 Å². The van der Waals surface area contributed by atoms with Crippen LogP contribution in [-0.4, -0.2) is 0 Å². The number of hydrogen-bond acceptors (Lipinski definition) is 2. The lowest BCUT2D eigenvalue weighted by Crippen LogP contribution is -2.06. The van der Waals surface area contributed by atoms with Crippen LogP contribution >= 0.6 is 0 Å². The fourth-order valence-electron chi connectivity index (χ4n) is 3.59. The third-order valence-electron chi connectivity index (χ3n) is 5.13. The SMILES string of the molecule is CCc1cc(Cc2cc(C(C)C)c(N)c(C(C)C)c2)cc(CC)c1N. The molecule has 0 radical (unpaired) electrons. The van der Waals surface area contributed by atoms with Crippen molar-refractivity contribution in [2.75, 3.05) is 11.5 Å². The van der Waals surface area contributed by atoms with Gasteiger partial charge in [-0.3, -0.25) is 0 Å². The van der Waals surface area contributed by atoms with E-state index in [0.29, 0.717) is 11.8 Å². The minimum Gasteiger partial charge on any atom is -0.398 e. The van der Waals surface area contributed by atoms with Crippen molar-refractivity contribution >= 4 is 11.4 Å². The first-order valence-corrected chi connectivity index (χ1v) is 9.60. The van der Waals surface area contributed by atoms with Crippen molar-refractivity contribution in [2.24, 2.45) is 0 Å². The van der Waals surface area contributed by atoms with Gasteiger partial charge in [-0.2, -0.15) is 0 Å². The molecular formula is C23H34N2. The molecule has 0 aliphatic rings. The van der Waals surface area contributed by atoms with Crippen LogP contribution in [0.4, 0.5) is 11.4 Å². The van der Waals surface area contributed by atoms with Crippen molar-refractivity contribution in [3.05, 3.63) is 57.6 Å². The van der Waals surface area contributed by atoms with Crippen LogP contribution < -0.4 is 11.5 Å². The third-order valence-corrected chi connectivity index (χ3v) is 5.13. The summed E-state index contributed by atoms with van der Waals surface area (Å²) in [4.78, 5) is 0. The molecule has 2 heteroatoms. The van der Waals surface area contributed by atoms with Crippen molar-refractivity contribution in [1.29, 1.82) is 0 Å². The molecule has 0 aliphatic heterocycles. The van der Waals surface area contributed by atoms with Crippen molar-refractivity contribution in [2.45, 2.75) is 72.6 Å². The fraction of sp³-hybridized carbons (Fsp3) is 0.478. The first-order valence-electron chi connectivity index (χ1n) is 9.60. The molecule has 0 unspecified atom stereocenters. The predicted molar refractivity (Wildman–Crippen MR) is 111 cm³/mol. The lowest BCUT2D eigenvalue weighted by molar-refractivity contribution is 0.834. The van der Waals surface area contributed by atoms with Gasteiger partial charge in [-0.1, -0.05) is 65.8 Å². The monoisotopic (exact) mass is 338 g/mol. The molecule has 136 valence electrons. The molecule has 0 atom stereocenters. The molecule has 2 nitrogen and oxygen atoms in total. The Morgan fingerprint density at radius 2 is 1.08 bits per heavy atom. The Bertz CT molecular complexity index is 688. The molecule has 0 spiro atoms.